The molecule has 1 saturated heterocycles. The molecule has 0 spiro atoms. The van der Waals surface area contributed by atoms with Crippen molar-refractivity contribution in [3.05, 3.63) is 59.5 Å². The summed E-state index contributed by atoms with van der Waals surface area (Å²) in [6.07, 6.45) is 2.43. The molecular weight excluding hydrogens is 358 g/mol. The second-order valence-electron chi connectivity index (χ2n) is 6.88. The van der Waals surface area contributed by atoms with Gasteiger partial charge < -0.3 is 9.42 Å². The minimum atomic E-state index is -0.0795. The van der Waals surface area contributed by atoms with Crippen LogP contribution in [0, 0.1) is 13.8 Å². The van der Waals surface area contributed by atoms with Gasteiger partial charge in [0.05, 0.1) is 5.92 Å². The van der Waals surface area contributed by atoms with Gasteiger partial charge in [-0.1, -0.05) is 17.3 Å². The van der Waals surface area contributed by atoms with Crippen molar-refractivity contribution in [2.75, 3.05) is 17.7 Å². The molecule has 1 aliphatic heterocycles. The fourth-order valence-corrected chi connectivity index (χ4v) is 3.78. The third-order valence-corrected chi connectivity index (χ3v) is 5.66. The third-order valence-electron chi connectivity index (χ3n) is 4.92. The van der Waals surface area contributed by atoms with E-state index in [1.807, 2.05) is 55.3 Å². The second kappa shape index (κ2) is 7.19. The first-order valence-electron chi connectivity index (χ1n) is 8.91. The molecule has 1 unspecified atom stereocenters. The van der Waals surface area contributed by atoms with Gasteiger partial charge in [0.2, 0.25) is 17.6 Å². The Labute approximate surface area is 162 Å². The first kappa shape index (κ1) is 17.8. The summed E-state index contributed by atoms with van der Waals surface area (Å²) in [6, 6.07) is 14.2. The van der Waals surface area contributed by atoms with Crippen LogP contribution in [0.5, 0.6) is 0 Å². The molecule has 1 amide bonds. The van der Waals surface area contributed by atoms with E-state index >= 15 is 0 Å². The molecule has 6 heteroatoms. The standard InChI is InChI=1S/C21H21N3O2S/c1-13-4-5-14(2)18(10-13)24-12-16(11-19(24)25)21-22-20(23-26-21)15-6-8-17(27-3)9-7-15/h4-10,16H,11-12H2,1-3H3. The first-order valence-corrected chi connectivity index (χ1v) is 10.1. The molecule has 5 nitrogen and oxygen atoms in total. The van der Waals surface area contributed by atoms with Gasteiger partial charge in [-0.05, 0) is 61.6 Å². The number of hydrogen-bond donors (Lipinski definition) is 0. The molecular formula is C21H21N3O2S. The Kier molecular flexibility index (Phi) is 4.74. The summed E-state index contributed by atoms with van der Waals surface area (Å²) in [5.74, 6) is 1.11. The first-order chi connectivity index (χ1) is 13.0. The van der Waals surface area contributed by atoms with Gasteiger partial charge in [0.25, 0.3) is 0 Å². The minimum absolute atomic E-state index is 0.0795. The third kappa shape index (κ3) is 3.49. The average Bonchev–Trinajstić information content (AvgIpc) is 3.31. The fraction of sp³-hybridized carbons (Fsp3) is 0.286. The zero-order valence-corrected chi connectivity index (χ0v) is 16.4. The quantitative estimate of drug-likeness (QED) is 0.620. The Morgan fingerprint density at radius 3 is 2.67 bits per heavy atom. The van der Waals surface area contributed by atoms with Gasteiger partial charge in [-0.25, -0.2) is 0 Å². The number of carbonyl (C=O) groups excluding carboxylic acids is 1. The van der Waals surface area contributed by atoms with Crippen molar-refractivity contribution >= 4 is 23.4 Å². The SMILES string of the molecule is CSc1ccc(-c2noc(C3CC(=O)N(c4cc(C)ccc4C)C3)n2)cc1. The molecule has 1 atom stereocenters. The summed E-state index contributed by atoms with van der Waals surface area (Å²) < 4.78 is 5.50. The fourth-order valence-electron chi connectivity index (χ4n) is 3.37. The smallest absolute Gasteiger partial charge is 0.232 e. The number of rotatable bonds is 4. The maximum atomic E-state index is 12.6. The summed E-state index contributed by atoms with van der Waals surface area (Å²) in [5, 5.41) is 4.12. The van der Waals surface area contributed by atoms with E-state index < -0.39 is 0 Å². The molecule has 0 saturated carbocycles. The zero-order valence-electron chi connectivity index (χ0n) is 15.6. The van der Waals surface area contributed by atoms with Gasteiger partial charge >= 0.3 is 0 Å². The topological polar surface area (TPSA) is 59.2 Å². The highest BCUT2D eigenvalue weighted by Crippen LogP contribution is 2.34. The normalized spacial score (nSPS) is 16.9. The lowest BCUT2D eigenvalue weighted by Gasteiger charge is -2.19. The number of nitrogens with zero attached hydrogens (tertiary/aromatic N) is 3. The van der Waals surface area contributed by atoms with E-state index in [9.17, 15) is 4.79 Å². The minimum Gasteiger partial charge on any atom is -0.339 e. The lowest BCUT2D eigenvalue weighted by molar-refractivity contribution is -0.117. The second-order valence-corrected chi connectivity index (χ2v) is 7.76. The summed E-state index contributed by atoms with van der Waals surface area (Å²) in [7, 11) is 0. The summed E-state index contributed by atoms with van der Waals surface area (Å²) >= 11 is 1.69. The number of carbonyl (C=O) groups is 1. The molecule has 2 aromatic carbocycles. The summed E-state index contributed by atoms with van der Waals surface area (Å²) in [6.45, 7) is 4.63. The maximum absolute atomic E-state index is 12.6. The molecule has 1 aliphatic rings. The van der Waals surface area contributed by atoms with Gasteiger partial charge in [0.1, 0.15) is 0 Å². The largest absolute Gasteiger partial charge is 0.339 e. The molecule has 0 aliphatic carbocycles. The lowest BCUT2D eigenvalue weighted by Crippen LogP contribution is -2.25. The average molecular weight is 379 g/mol. The van der Waals surface area contributed by atoms with Crippen molar-refractivity contribution in [1.82, 2.24) is 10.1 Å². The van der Waals surface area contributed by atoms with Crippen molar-refractivity contribution in [2.45, 2.75) is 31.1 Å². The van der Waals surface area contributed by atoms with E-state index in [0.717, 1.165) is 22.4 Å². The predicted octanol–water partition coefficient (Wildman–Crippen LogP) is 4.60. The number of thioether (sulfide) groups is 1. The van der Waals surface area contributed by atoms with Crippen LogP contribution in [0.3, 0.4) is 0 Å². The van der Waals surface area contributed by atoms with E-state index in [-0.39, 0.29) is 11.8 Å². The van der Waals surface area contributed by atoms with Gasteiger partial charge in [0, 0.05) is 29.1 Å². The van der Waals surface area contributed by atoms with Crippen LogP contribution in [0.15, 0.2) is 51.9 Å². The Morgan fingerprint density at radius 1 is 1.15 bits per heavy atom. The lowest BCUT2D eigenvalue weighted by atomic mass is 10.1. The molecule has 0 bridgehead atoms. The van der Waals surface area contributed by atoms with E-state index in [4.69, 9.17) is 4.52 Å². The van der Waals surface area contributed by atoms with Crippen LogP contribution in [0.4, 0.5) is 5.69 Å². The van der Waals surface area contributed by atoms with Crippen LogP contribution in [-0.2, 0) is 4.79 Å². The molecule has 3 aromatic rings. The van der Waals surface area contributed by atoms with Crippen LogP contribution < -0.4 is 4.90 Å². The maximum Gasteiger partial charge on any atom is 0.232 e. The van der Waals surface area contributed by atoms with E-state index in [1.165, 1.54) is 4.90 Å². The van der Waals surface area contributed by atoms with Crippen molar-refractivity contribution in [2.24, 2.45) is 0 Å². The number of amides is 1. The van der Waals surface area contributed by atoms with E-state index in [1.54, 1.807) is 11.8 Å². The van der Waals surface area contributed by atoms with Crippen LogP contribution in [-0.4, -0.2) is 28.8 Å². The molecule has 4 rings (SSSR count). The highest BCUT2D eigenvalue weighted by atomic mass is 32.2. The molecule has 1 aromatic heterocycles. The molecule has 138 valence electrons. The van der Waals surface area contributed by atoms with Crippen LogP contribution in [0.25, 0.3) is 11.4 Å². The van der Waals surface area contributed by atoms with Crippen molar-refractivity contribution in [3.63, 3.8) is 0 Å². The van der Waals surface area contributed by atoms with Gasteiger partial charge in [-0.3, -0.25) is 4.79 Å². The zero-order chi connectivity index (χ0) is 19.0. The monoisotopic (exact) mass is 379 g/mol. The van der Waals surface area contributed by atoms with Crippen LogP contribution in [0.1, 0.15) is 29.4 Å². The Bertz CT molecular complexity index is 981. The number of hydrogen-bond acceptors (Lipinski definition) is 5. The number of aryl methyl sites for hydroxylation is 2. The van der Waals surface area contributed by atoms with Crippen molar-refractivity contribution in [1.29, 1.82) is 0 Å². The molecule has 27 heavy (non-hydrogen) atoms. The van der Waals surface area contributed by atoms with Crippen molar-refractivity contribution < 1.29 is 9.32 Å². The molecule has 1 fully saturated rings. The Balaban J connectivity index is 1.56. The van der Waals surface area contributed by atoms with Crippen LogP contribution >= 0.6 is 11.8 Å². The van der Waals surface area contributed by atoms with Gasteiger partial charge in [0.15, 0.2) is 0 Å². The predicted molar refractivity (Wildman–Crippen MR) is 107 cm³/mol. The number of aromatic nitrogens is 2. The highest BCUT2D eigenvalue weighted by Gasteiger charge is 2.35. The highest BCUT2D eigenvalue weighted by molar-refractivity contribution is 7.98. The van der Waals surface area contributed by atoms with Crippen molar-refractivity contribution in [3.8, 4) is 11.4 Å². The number of anilines is 1. The van der Waals surface area contributed by atoms with E-state index in [2.05, 4.69) is 22.3 Å². The Morgan fingerprint density at radius 2 is 1.93 bits per heavy atom. The molecule has 2 heterocycles. The summed E-state index contributed by atoms with van der Waals surface area (Å²) in [4.78, 5) is 20.2. The summed E-state index contributed by atoms with van der Waals surface area (Å²) in [5.41, 5.74) is 4.11. The molecule has 0 N–H and O–H groups in total. The van der Waals surface area contributed by atoms with Gasteiger partial charge in [-0.2, -0.15) is 4.98 Å². The number of benzene rings is 2. The Hall–Kier alpha value is -2.60. The molecule has 0 radical (unpaired) electrons. The van der Waals surface area contributed by atoms with Gasteiger partial charge in [-0.15, -0.1) is 11.8 Å². The van der Waals surface area contributed by atoms with Crippen LogP contribution in [0.2, 0.25) is 0 Å². The van der Waals surface area contributed by atoms with E-state index in [0.29, 0.717) is 24.7 Å².